The van der Waals surface area contributed by atoms with E-state index in [2.05, 4.69) is 20.5 Å². The molecule has 2 aliphatic heterocycles. The molecule has 2 N–H and O–H groups in total. The van der Waals surface area contributed by atoms with Crippen molar-refractivity contribution < 1.29 is 22.6 Å². The second-order valence-electron chi connectivity index (χ2n) is 9.03. The molecule has 0 radical (unpaired) electrons. The van der Waals surface area contributed by atoms with Crippen LogP contribution >= 0.6 is 0 Å². The molecule has 1 aliphatic carbocycles. The number of fused-ring (bicyclic) bond motifs is 1. The highest BCUT2D eigenvalue weighted by molar-refractivity contribution is 5.52. The number of piperidine rings is 1. The molecule has 1 saturated heterocycles. The largest absolute Gasteiger partial charge is 0.462 e. The standard InChI is InChI=1S/C24H29F3N4O2/c25-24(26,27)22-7-5-19(15-30-22)29-11-10-28-18-4-6-21-17(14-18)16-32-23(33-21)8-12-31(13-9-23)20-2-1-3-20/h4-7,14-15,20,28-29H,1-3,8-13,16H2. The van der Waals surface area contributed by atoms with Crippen LogP contribution in [0.1, 0.15) is 43.4 Å². The van der Waals surface area contributed by atoms with Gasteiger partial charge < -0.3 is 20.1 Å². The van der Waals surface area contributed by atoms with Crippen molar-refractivity contribution in [3.63, 3.8) is 0 Å². The molecule has 0 unspecified atom stereocenters. The molecule has 1 aromatic carbocycles. The van der Waals surface area contributed by atoms with Crippen molar-refractivity contribution in [3.05, 3.63) is 47.8 Å². The van der Waals surface area contributed by atoms with Crippen molar-refractivity contribution >= 4 is 11.4 Å². The van der Waals surface area contributed by atoms with Crippen LogP contribution in [0.5, 0.6) is 5.75 Å². The highest BCUT2D eigenvalue weighted by Gasteiger charge is 2.42. The average Bonchev–Trinajstić information content (AvgIpc) is 2.77. The molecule has 1 saturated carbocycles. The van der Waals surface area contributed by atoms with Gasteiger partial charge in [0.2, 0.25) is 5.79 Å². The minimum absolute atomic E-state index is 0.498. The molecule has 3 heterocycles. The summed E-state index contributed by atoms with van der Waals surface area (Å²) in [5.74, 6) is 0.389. The number of anilines is 2. The first-order valence-electron chi connectivity index (χ1n) is 11.6. The van der Waals surface area contributed by atoms with Gasteiger partial charge in [0.25, 0.3) is 0 Å². The van der Waals surface area contributed by atoms with E-state index in [0.29, 0.717) is 25.4 Å². The first-order chi connectivity index (χ1) is 15.9. The molecular formula is C24H29F3N4O2. The SMILES string of the molecule is FC(F)(F)c1ccc(NCCNc2ccc3c(c2)COC2(CCN(C4CCC4)CC2)O3)cn1. The number of likely N-dealkylation sites (tertiary alicyclic amines) is 1. The fourth-order valence-electron chi connectivity index (χ4n) is 4.65. The van der Waals surface area contributed by atoms with Crippen molar-refractivity contribution in [1.82, 2.24) is 9.88 Å². The van der Waals surface area contributed by atoms with E-state index in [1.165, 1.54) is 31.5 Å². The predicted octanol–water partition coefficient (Wildman–Crippen LogP) is 4.88. The molecule has 9 heteroatoms. The Hall–Kier alpha value is -2.52. The lowest BCUT2D eigenvalue weighted by atomic mass is 9.89. The Morgan fingerprint density at radius 1 is 1.03 bits per heavy atom. The molecule has 0 atom stereocenters. The normalized spacial score (nSPS) is 20.6. The number of alkyl halides is 3. The van der Waals surface area contributed by atoms with Gasteiger partial charge in [-0.15, -0.1) is 0 Å². The zero-order valence-corrected chi connectivity index (χ0v) is 18.5. The van der Waals surface area contributed by atoms with E-state index in [-0.39, 0.29) is 0 Å². The van der Waals surface area contributed by atoms with Gasteiger partial charge in [-0.3, -0.25) is 4.90 Å². The molecular weight excluding hydrogens is 433 g/mol. The summed E-state index contributed by atoms with van der Waals surface area (Å²) < 4.78 is 50.3. The summed E-state index contributed by atoms with van der Waals surface area (Å²) in [4.78, 5) is 6.03. The number of hydrogen-bond acceptors (Lipinski definition) is 6. The van der Waals surface area contributed by atoms with E-state index in [9.17, 15) is 13.2 Å². The summed E-state index contributed by atoms with van der Waals surface area (Å²) in [6.45, 7) is 3.73. The molecule has 3 aliphatic rings. The highest BCUT2D eigenvalue weighted by atomic mass is 19.4. The highest BCUT2D eigenvalue weighted by Crippen LogP contribution is 2.40. The van der Waals surface area contributed by atoms with Crippen LogP contribution in [-0.4, -0.2) is 47.9 Å². The number of ether oxygens (including phenoxy) is 2. The van der Waals surface area contributed by atoms with Crippen molar-refractivity contribution in [3.8, 4) is 5.75 Å². The molecule has 2 fully saturated rings. The molecule has 2 aromatic rings. The topological polar surface area (TPSA) is 58.7 Å². The maximum Gasteiger partial charge on any atom is 0.433 e. The van der Waals surface area contributed by atoms with Gasteiger partial charge in [0.1, 0.15) is 11.4 Å². The summed E-state index contributed by atoms with van der Waals surface area (Å²) >= 11 is 0. The molecule has 178 valence electrons. The maximum atomic E-state index is 12.6. The minimum atomic E-state index is -4.42. The zero-order chi connectivity index (χ0) is 22.9. The van der Waals surface area contributed by atoms with Crippen LogP contribution in [0.3, 0.4) is 0 Å². The third-order valence-electron chi connectivity index (χ3n) is 6.84. The summed E-state index contributed by atoms with van der Waals surface area (Å²) in [6.07, 6.45) is 2.57. The van der Waals surface area contributed by atoms with Gasteiger partial charge in [0.05, 0.1) is 18.5 Å². The van der Waals surface area contributed by atoms with Gasteiger partial charge >= 0.3 is 6.18 Å². The average molecular weight is 463 g/mol. The van der Waals surface area contributed by atoms with Crippen LogP contribution < -0.4 is 15.4 Å². The Labute approximate surface area is 191 Å². The molecule has 1 aromatic heterocycles. The molecule has 6 nitrogen and oxygen atoms in total. The maximum absolute atomic E-state index is 12.6. The van der Waals surface area contributed by atoms with Gasteiger partial charge in [0.15, 0.2) is 0 Å². The van der Waals surface area contributed by atoms with Crippen molar-refractivity contribution in [2.24, 2.45) is 0 Å². The second kappa shape index (κ2) is 9.02. The van der Waals surface area contributed by atoms with Gasteiger partial charge in [0, 0.05) is 56.3 Å². The van der Waals surface area contributed by atoms with Crippen LogP contribution in [0.15, 0.2) is 36.5 Å². The fraction of sp³-hybridized carbons (Fsp3) is 0.542. The van der Waals surface area contributed by atoms with Crippen LogP contribution in [0.2, 0.25) is 0 Å². The number of benzene rings is 1. The van der Waals surface area contributed by atoms with Crippen LogP contribution in [0.4, 0.5) is 24.5 Å². The fourth-order valence-corrected chi connectivity index (χ4v) is 4.65. The van der Waals surface area contributed by atoms with Crippen molar-refractivity contribution in [2.45, 2.75) is 56.7 Å². The van der Waals surface area contributed by atoms with E-state index in [1.807, 2.05) is 18.2 Å². The Kier molecular flexibility index (Phi) is 6.09. The van der Waals surface area contributed by atoms with Crippen molar-refractivity contribution in [2.75, 3.05) is 36.8 Å². The molecule has 0 amide bonds. The van der Waals surface area contributed by atoms with Crippen LogP contribution in [-0.2, 0) is 17.5 Å². The van der Waals surface area contributed by atoms with E-state index >= 15 is 0 Å². The Morgan fingerprint density at radius 3 is 2.39 bits per heavy atom. The number of aromatic nitrogens is 1. The van der Waals surface area contributed by atoms with Gasteiger partial charge in [-0.2, -0.15) is 13.2 Å². The summed E-state index contributed by atoms with van der Waals surface area (Å²) in [5, 5.41) is 6.39. The Morgan fingerprint density at radius 2 is 1.76 bits per heavy atom. The molecule has 33 heavy (non-hydrogen) atoms. The lowest BCUT2D eigenvalue weighted by Gasteiger charge is -2.47. The number of halogens is 3. The number of pyridine rings is 1. The van der Waals surface area contributed by atoms with E-state index in [4.69, 9.17) is 9.47 Å². The second-order valence-corrected chi connectivity index (χ2v) is 9.03. The third-order valence-corrected chi connectivity index (χ3v) is 6.84. The minimum Gasteiger partial charge on any atom is -0.462 e. The summed E-state index contributed by atoms with van der Waals surface area (Å²) in [7, 11) is 0. The zero-order valence-electron chi connectivity index (χ0n) is 18.5. The first-order valence-corrected chi connectivity index (χ1v) is 11.6. The quantitative estimate of drug-likeness (QED) is 0.597. The lowest BCUT2D eigenvalue weighted by molar-refractivity contribution is -0.231. The predicted molar refractivity (Wildman–Crippen MR) is 119 cm³/mol. The number of rotatable bonds is 6. The van der Waals surface area contributed by atoms with Crippen LogP contribution in [0.25, 0.3) is 0 Å². The Bertz CT molecular complexity index is 955. The molecule has 5 rings (SSSR count). The first kappa shape index (κ1) is 22.3. The number of nitrogens with zero attached hydrogens (tertiary/aromatic N) is 2. The third kappa shape index (κ3) is 5.04. The lowest BCUT2D eigenvalue weighted by Crippen LogP contribution is -2.54. The van der Waals surface area contributed by atoms with Gasteiger partial charge in [-0.1, -0.05) is 6.42 Å². The number of nitrogens with one attached hydrogen (secondary N) is 2. The van der Waals surface area contributed by atoms with Crippen molar-refractivity contribution in [1.29, 1.82) is 0 Å². The van der Waals surface area contributed by atoms with E-state index in [1.54, 1.807) is 0 Å². The molecule has 1 spiro atoms. The molecule has 0 bridgehead atoms. The van der Waals surface area contributed by atoms with Gasteiger partial charge in [-0.25, -0.2) is 4.98 Å². The monoisotopic (exact) mass is 462 g/mol. The summed E-state index contributed by atoms with van der Waals surface area (Å²) in [6, 6.07) is 9.13. The smallest absolute Gasteiger partial charge is 0.433 e. The number of hydrogen-bond donors (Lipinski definition) is 2. The van der Waals surface area contributed by atoms with E-state index < -0.39 is 17.7 Å². The Balaban J connectivity index is 1.09. The van der Waals surface area contributed by atoms with Crippen LogP contribution in [0, 0.1) is 0 Å². The van der Waals surface area contributed by atoms with E-state index in [0.717, 1.165) is 55.0 Å². The summed E-state index contributed by atoms with van der Waals surface area (Å²) in [5.41, 5.74) is 1.62. The van der Waals surface area contributed by atoms with Gasteiger partial charge in [-0.05, 0) is 43.2 Å².